The molecular formula is C12H14N2O2. The lowest BCUT2D eigenvalue weighted by Crippen LogP contribution is -2.42. The van der Waals surface area contributed by atoms with Crippen LogP contribution in [0.5, 0.6) is 0 Å². The summed E-state index contributed by atoms with van der Waals surface area (Å²) >= 11 is 0. The van der Waals surface area contributed by atoms with Crippen molar-refractivity contribution in [2.75, 3.05) is 4.90 Å². The van der Waals surface area contributed by atoms with Crippen molar-refractivity contribution in [2.24, 2.45) is 11.7 Å². The lowest BCUT2D eigenvalue weighted by molar-refractivity contribution is -0.122. The van der Waals surface area contributed by atoms with Crippen molar-refractivity contribution in [2.45, 2.75) is 19.4 Å². The summed E-state index contributed by atoms with van der Waals surface area (Å²) in [5, 5.41) is 0. The second kappa shape index (κ2) is 3.96. The van der Waals surface area contributed by atoms with Crippen molar-refractivity contribution in [3.63, 3.8) is 0 Å². The maximum atomic E-state index is 11.9. The molecule has 1 aliphatic rings. The normalized spacial score (nSPS) is 24.8. The number of amides is 2. The molecule has 1 aliphatic heterocycles. The van der Waals surface area contributed by atoms with Crippen molar-refractivity contribution < 1.29 is 9.59 Å². The third kappa shape index (κ3) is 1.66. The quantitative estimate of drug-likeness (QED) is 0.802. The SMILES string of the molecule is C[C@H]1C[C@H](C(N)=O)N(c2ccccc2)C1=O. The third-order valence-corrected chi connectivity index (χ3v) is 2.91. The van der Waals surface area contributed by atoms with Crippen molar-refractivity contribution in [3.05, 3.63) is 30.3 Å². The highest BCUT2D eigenvalue weighted by Crippen LogP contribution is 2.29. The van der Waals surface area contributed by atoms with Crippen molar-refractivity contribution in [3.8, 4) is 0 Å². The van der Waals surface area contributed by atoms with Gasteiger partial charge in [-0.25, -0.2) is 0 Å². The highest BCUT2D eigenvalue weighted by atomic mass is 16.2. The minimum atomic E-state index is -0.509. The predicted octanol–water partition coefficient (Wildman–Crippen LogP) is 0.913. The minimum absolute atomic E-state index is 0.0324. The molecule has 1 fully saturated rings. The Hall–Kier alpha value is -1.84. The largest absolute Gasteiger partial charge is 0.368 e. The van der Waals surface area contributed by atoms with Crippen LogP contribution in [0.2, 0.25) is 0 Å². The van der Waals surface area contributed by atoms with Gasteiger partial charge in [-0.05, 0) is 18.6 Å². The lowest BCUT2D eigenvalue weighted by atomic mass is 10.1. The minimum Gasteiger partial charge on any atom is -0.368 e. The van der Waals surface area contributed by atoms with Crippen LogP contribution in [0.1, 0.15) is 13.3 Å². The fourth-order valence-corrected chi connectivity index (χ4v) is 2.07. The van der Waals surface area contributed by atoms with Crippen molar-refractivity contribution >= 4 is 17.5 Å². The maximum absolute atomic E-state index is 11.9. The second-order valence-electron chi connectivity index (χ2n) is 4.10. The van der Waals surface area contributed by atoms with Gasteiger partial charge >= 0.3 is 0 Å². The van der Waals surface area contributed by atoms with Crippen molar-refractivity contribution in [1.29, 1.82) is 0 Å². The van der Waals surface area contributed by atoms with Gasteiger partial charge in [-0.15, -0.1) is 0 Å². The molecule has 0 spiro atoms. The van der Waals surface area contributed by atoms with Gasteiger partial charge in [0.1, 0.15) is 6.04 Å². The van der Waals surface area contributed by atoms with E-state index in [0.29, 0.717) is 6.42 Å². The van der Waals surface area contributed by atoms with Gasteiger partial charge in [0.05, 0.1) is 0 Å². The number of para-hydroxylation sites is 1. The standard InChI is InChI=1S/C12H14N2O2/c1-8-7-10(11(13)15)14(12(8)16)9-5-3-2-4-6-9/h2-6,8,10H,7H2,1H3,(H2,13,15)/t8-,10+/m0/s1. The third-order valence-electron chi connectivity index (χ3n) is 2.91. The topological polar surface area (TPSA) is 63.4 Å². The molecule has 1 aromatic rings. The molecule has 0 aliphatic carbocycles. The molecule has 2 atom stereocenters. The number of carbonyl (C=O) groups is 2. The molecule has 0 unspecified atom stereocenters. The summed E-state index contributed by atoms with van der Waals surface area (Å²) in [6, 6.07) is 8.66. The summed E-state index contributed by atoms with van der Waals surface area (Å²) in [6.07, 6.45) is 0.503. The Morgan fingerprint density at radius 2 is 2.00 bits per heavy atom. The van der Waals surface area contributed by atoms with Gasteiger partial charge in [-0.1, -0.05) is 25.1 Å². The van der Waals surface area contributed by atoms with Crippen LogP contribution >= 0.6 is 0 Å². The summed E-state index contributed by atoms with van der Waals surface area (Å²) in [6.45, 7) is 1.82. The van der Waals surface area contributed by atoms with E-state index in [0.717, 1.165) is 5.69 Å². The van der Waals surface area contributed by atoms with E-state index in [1.807, 2.05) is 37.3 Å². The number of hydrogen-bond donors (Lipinski definition) is 1. The Labute approximate surface area is 94.0 Å². The van der Waals surface area contributed by atoms with Crippen LogP contribution in [0.4, 0.5) is 5.69 Å². The number of nitrogens with zero attached hydrogens (tertiary/aromatic N) is 1. The molecule has 84 valence electrons. The number of primary amides is 1. The maximum Gasteiger partial charge on any atom is 0.240 e. The second-order valence-corrected chi connectivity index (χ2v) is 4.10. The average molecular weight is 218 g/mol. The first-order valence-electron chi connectivity index (χ1n) is 5.28. The summed E-state index contributed by atoms with van der Waals surface area (Å²) in [4.78, 5) is 24.8. The van der Waals surface area contributed by atoms with E-state index >= 15 is 0 Å². The fourth-order valence-electron chi connectivity index (χ4n) is 2.07. The first-order chi connectivity index (χ1) is 7.61. The molecular weight excluding hydrogens is 204 g/mol. The van der Waals surface area contributed by atoms with Gasteiger partial charge in [-0.3, -0.25) is 14.5 Å². The van der Waals surface area contributed by atoms with Crippen LogP contribution in [0.25, 0.3) is 0 Å². The Morgan fingerprint density at radius 1 is 1.38 bits per heavy atom. The number of hydrogen-bond acceptors (Lipinski definition) is 2. The number of anilines is 1. The first kappa shape index (κ1) is 10.7. The van der Waals surface area contributed by atoms with E-state index in [2.05, 4.69) is 0 Å². The number of nitrogens with two attached hydrogens (primary N) is 1. The molecule has 0 bridgehead atoms. The molecule has 4 heteroatoms. The number of rotatable bonds is 2. The van der Waals surface area contributed by atoms with Gasteiger partial charge in [-0.2, -0.15) is 0 Å². The van der Waals surface area contributed by atoms with Gasteiger partial charge in [0, 0.05) is 11.6 Å². The van der Waals surface area contributed by atoms with Crippen LogP contribution in [-0.4, -0.2) is 17.9 Å². The molecule has 2 rings (SSSR count). The van der Waals surface area contributed by atoms with Gasteiger partial charge < -0.3 is 5.73 Å². The van der Waals surface area contributed by atoms with E-state index < -0.39 is 11.9 Å². The molecule has 0 radical (unpaired) electrons. The zero-order chi connectivity index (χ0) is 11.7. The highest BCUT2D eigenvalue weighted by molar-refractivity contribution is 6.04. The van der Waals surface area contributed by atoms with Gasteiger partial charge in [0.15, 0.2) is 0 Å². The van der Waals surface area contributed by atoms with Crippen LogP contribution in [0.3, 0.4) is 0 Å². The van der Waals surface area contributed by atoms with Gasteiger partial charge in [0.2, 0.25) is 11.8 Å². The molecule has 2 amide bonds. The molecule has 4 nitrogen and oxygen atoms in total. The first-order valence-corrected chi connectivity index (χ1v) is 5.28. The van der Waals surface area contributed by atoms with Crippen LogP contribution in [0.15, 0.2) is 30.3 Å². The molecule has 0 aromatic heterocycles. The number of benzene rings is 1. The summed E-state index contributed by atoms with van der Waals surface area (Å²) in [7, 11) is 0. The number of carbonyl (C=O) groups excluding carboxylic acids is 2. The van der Waals surface area contributed by atoms with E-state index in [-0.39, 0.29) is 11.8 Å². The van der Waals surface area contributed by atoms with E-state index in [1.54, 1.807) is 0 Å². The summed E-state index contributed by atoms with van der Waals surface area (Å²) in [5.74, 6) is -0.616. The summed E-state index contributed by atoms with van der Waals surface area (Å²) < 4.78 is 0. The Kier molecular flexibility index (Phi) is 2.64. The molecule has 2 N–H and O–H groups in total. The summed E-state index contributed by atoms with van der Waals surface area (Å²) in [5.41, 5.74) is 6.05. The predicted molar refractivity (Wildman–Crippen MR) is 60.7 cm³/mol. The Morgan fingerprint density at radius 3 is 2.56 bits per heavy atom. The fraction of sp³-hybridized carbons (Fsp3) is 0.333. The Bertz CT molecular complexity index is 416. The van der Waals surface area contributed by atoms with Crippen LogP contribution in [0, 0.1) is 5.92 Å². The van der Waals surface area contributed by atoms with E-state index in [4.69, 9.17) is 5.73 Å². The smallest absolute Gasteiger partial charge is 0.240 e. The molecule has 1 saturated heterocycles. The molecule has 0 saturated carbocycles. The Balaban J connectivity index is 2.37. The molecule has 1 aromatic carbocycles. The monoisotopic (exact) mass is 218 g/mol. The average Bonchev–Trinajstić information content (AvgIpc) is 2.57. The van der Waals surface area contributed by atoms with E-state index in [9.17, 15) is 9.59 Å². The van der Waals surface area contributed by atoms with Crippen molar-refractivity contribution in [1.82, 2.24) is 0 Å². The van der Waals surface area contributed by atoms with E-state index in [1.165, 1.54) is 4.90 Å². The molecule has 1 heterocycles. The van der Waals surface area contributed by atoms with Crippen LogP contribution < -0.4 is 10.6 Å². The van der Waals surface area contributed by atoms with Crippen LogP contribution in [-0.2, 0) is 9.59 Å². The lowest BCUT2D eigenvalue weighted by Gasteiger charge is -2.22. The van der Waals surface area contributed by atoms with Gasteiger partial charge in [0.25, 0.3) is 0 Å². The zero-order valence-corrected chi connectivity index (χ0v) is 9.09. The zero-order valence-electron chi connectivity index (χ0n) is 9.09. The molecule has 16 heavy (non-hydrogen) atoms. The highest BCUT2D eigenvalue weighted by Gasteiger charge is 2.40.